The molecule has 0 bridgehead atoms. The number of aliphatic hydroxyl groups is 1. The number of para-hydroxylation sites is 1. The number of ether oxygens (including phenoxy) is 1. The highest BCUT2D eigenvalue weighted by molar-refractivity contribution is 5.53. The van der Waals surface area contributed by atoms with Crippen LogP contribution in [0.15, 0.2) is 36.4 Å². The number of rotatable bonds is 7. The number of nitrogens with one attached hydrogen (secondary N) is 1. The Bertz CT molecular complexity index is 653. The monoisotopic (exact) mass is 329 g/mol. The molecular weight excluding hydrogens is 306 g/mol. The third kappa shape index (κ3) is 4.05. The van der Waals surface area contributed by atoms with Crippen molar-refractivity contribution in [1.29, 1.82) is 0 Å². The maximum absolute atomic E-state index is 9.47. The van der Waals surface area contributed by atoms with Crippen molar-refractivity contribution in [1.82, 2.24) is 9.97 Å². The lowest BCUT2D eigenvalue weighted by atomic mass is 10.2. The van der Waals surface area contributed by atoms with Crippen molar-refractivity contribution in [2.45, 2.75) is 18.9 Å². The minimum atomic E-state index is 0.105. The van der Waals surface area contributed by atoms with Gasteiger partial charge in [0.05, 0.1) is 19.2 Å². The van der Waals surface area contributed by atoms with E-state index in [0.29, 0.717) is 19.0 Å². The Hall–Kier alpha value is -2.54. The van der Waals surface area contributed by atoms with Crippen LogP contribution < -0.4 is 20.7 Å². The van der Waals surface area contributed by atoms with E-state index in [4.69, 9.17) is 10.5 Å². The van der Waals surface area contributed by atoms with Gasteiger partial charge in [-0.05, 0) is 25.0 Å². The van der Waals surface area contributed by atoms with Gasteiger partial charge in [0.1, 0.15) is 24.0 Å². The van der Waals surface area contributed by atoms with Crippen LogP contribution in [0.1, 0.15) is 12.8 Å². The highest BCUT2D eigenvalue weighted by Gasteiger charge is 2.25. The first-order valence-electron chi connectivity index (χ1n) is 8.20. The average molecular weight is 329 g/mol. The van der Waals surface area contributed by atoms with Crippen LogP contribution in [0.4, 0.5) is 17.6 Å². The van der Waals surface area contributed by atoms with Gasteiger partial charge in [-0.25, -0.2) is 0 Å². The average Bonchev–Trinajstić information content (AvgIpc) is 3.08. The second-order valence-corrected chi connectivity index (χ2v) is 5.73. The first-order valence-corrected chi connectivity index (χ1v) is 8.20. The summed E-state index contributed by atoms with van der Waals surface area (Å²) in [5.74, 6) is 2.48. The first kappa shape index (κ1) is 16.3. The van der Waals surface area contributed by atoms with Crippen LogP contribution in [0, 0.1) is 0 Å². The molecule has 1 fully saturated rings. The van der Waals surface area contributed by atoms with Crippen LogP contribution in [0.25, 0.3) is 0 Å². The molecule has 0 spiro atoms. The number of aliphatic hydroxyl groups excluding tert-OH is 1. The van der Waals surface area contributed by atoms with E-state index in [9.17, 15) is 5.11 Å². The fourth-order valence-electron chi connectivity index (χ4n) is 2.88. The lowest BCUT2D eigenvalue weighted by Gasteiger charge is -2.24. The van der Waals surface area contributed by atoms with E-state index in [2.05, 4.69) is 20.2 Å². The number of hydrogen-bond acceptors (Lipinski definition) is 7. The quantitative estimate of drug-likeness (QED) is 0.663. The predicted molar refractivity (Wildman–Crippen MR) is 94.3 cm³/mol. The Morgan fingerprint density at radius 3 is 2.92 bits per heavy atom. The van der Waals surface area contributed by atoms with Gasteiger partial charge in [-0.2, -0.15) is 9.97 Å². The van der Waals surface area contributed by atoms with Crippen molar-refractivity contribution in [2.24, 2.45) is 0 Å². The van der Waals surface area contributed by atoms with E-state index >= 15 is 0 Å². The summed E-state index contributed by atoms with van der Waals surface area (Å²) in [6.45, 7) is 2.12. The van der Waals surface area contributed by atoms with E-state index in [0.717, 1.165) is 31.0 Å². The second-order valence-electron chi connectivity index (χ2n) is 5.73. The van der Waals surface area contributed by atoms with Crippen LogP contribution in [0.2, 0.25) is 0 Å². The van der Waals surface area contributed by atoms with Gasteiger partial charge >= 0.3 is 0 Å². The minimum absolute atomic E-state index is 0.105. The normalized spacial score (nSPS) is 17.0. The van der Waals surface area contributed by atoms with E-state index < -0.39 is 0 Å². The van der Waals surface area contributed by atoms with Gasteiger partial charge in [0.15, 0.2) is 0 Å². The highest BCUT2D eigenvalue weighted by atomic mass is 16.5. The second kappa shape index (κ2) is 7.83. The first-order chi connectivity index (χ1) is 11.8. The summed E-state index contributed by atoms with van der Waals surface area (Å²) in [5, 5.41) is 12.7. The predicted octanol–water partition coefficient (Wildman–Crippen LogP) is 1.51. The zero-order valence-corrected chi connectivity index (χ0v) is 13.6. The molecule has 1 aromatic heterocycles. The molecule has 0 amide bonds. The summed E-state index contributed by atoms with van der Waals surface area (Å²) < 4.78 is 5.64. The summed E-state index contributed by atoms with van der Waals surface area (Å²) in [7, 11) is 0. The molecule has 128 valence electrons. The summed E-state index contributed by atoms with van der Waals surface area (Å²) in [5.41, 5.74) is 5.83. The third-order valence-corrected chi connectivity index (χ3v) is 4.03. The molecule has 7 heteroatoms. The molecule has 1 aliphatic heterocycles. The zero-order valence-electron chi connectivity index (χ0n) is 13.6. The van der Waals surface area contributed by atoms with Gasteiger partial charge in [0.2, 0.25) is 5.95 Å². The molecule has 1 aromatic carbocycles. The van der Waals surface area contributed by atoms with Gasteiger partial charge in [-0.3, -0.25) is 0 Å². The molecule has 0 aliphatic carbocycles. The summed E-state index contributed by atoms with van der Waals surface area (Å²) in [4.78, 5) is 10.6. The van der Waals surface area contributed by atoms with E-state index in [1.54, 1.807) is 0 Å². The number of nitrogen functional groups attached to an aromatic ring is 1. The fourth-order valence-corrected chi connectivity index (χ4v) is 2.88. The fraction of sp³-hybridized carbons (Fsp3) is 0.412. The lowest BCUT2D eigenvalue weighted by molar-refractivity contribution is 0.266. The maximum atomic E-state index is 9.47. The van der Waals surface area contributed by atoms with Crippen molar-refractivity contribution in [2.75, 3.05) is 42.3 Å². The Labute approximate surface area is 141 Å². The Morgan fingerprint density at radius 2 is 2.12 bits per heavy atom. The summed E-state index contributed by atoms with van der Waals surface area (Å²) >= 11 is 0. The van der Waals surface area contributed by atoms with Gasteiger partial charge in [-0.15, -0.1) is 0 Å². The number of nitrogens with zero attached hydrogens (tertiary/aromatic N) is 3. The molecule has 24 heavy (non-hydrogen) atoms. The summed E-state index contributed by atoms with van der Waals surface area (Å²) in [6.07, 6.45) is 2.01. The van der Waals surface area contributed by atoms with Crippen LogP contribution in [0.5, 0.6) is 5.75 Å². The van der Waals surface area contributed by atoms with E-state index in [1.807, 2.05) is 36.4 Å². The number of hydrogen-bond donors (Lipinski definition) is 3. The standard InChI is InChI=1S/C17H23N5O2/c18-17-20-15(19-8-10-24-14-6-2-1-3-7-14)11-16(21-17)22-9-4-5-13(22)12-23/h1-3,6-7,11,13,23H,4-5,8-10,12H2,(H3,18,19,20,21). The molecule has 2 aromatic rings. The topological polar surface area (TPSA) is 96.5 Å². The van der Waals surface area contributed by atoms with Gasteiger partial charge in [-0.1, -0.05) is 18.2 Å². The Balaban J connectivity index is 1.57. The molecule has 1 saturated heterocycles. The van der Waals surface area contributed by atoms with Crippen molar-refractivity contribution in [3.63, 3.8) is 0 Å². The van der Waals surface area contributed by atoms with E-state index in [1.165, 1.54) is 0 Å². The third-order valence-electron chi connectivity index (χ3n) is 4.03. The van der Waals surface area contributed by atoms with Crippen molar-refractivity contribution in [3.8, 4) is 5.75 Å². The molecule has 3 rings (SSSR count). The van der Waals surface area contributed by atoms with E-state index in [-0.39, 0.29) is 18.6 Å². The number of aromatic nitrogens is 2. The zero-order chi connectivity index (χ0) is 16.8. The van der Waals surface area contributed by atoms with Crippen LogP contribution in [0.3, 0.4) is 0 Å². The summed E-state index contributed by atoms with van der Waals surface area (Å²) in [6, 6.07) is 11.6. The molecule has 0 radical (unpaired) electrons. The molecule has 0 saturated carbocycles. The van der Waals surface area contributed by atoms with Crippen LogP contribution >= 0.6 is 0 Å². The number of nitrogens with two attached hydrogens (primary N) is 1. The Kier molecular flexibility index (Phi) is 5.32. The van der Waals surface area contributed by atoms with Crippen LogP contribution in [-0.4, -0.2) is 47.4 Å². The van der Waals surface area contributed by atoms with Crippen molar-refractivity contribution in [3.05, 3.63) is 36.4 Å². The van der Waals surface area contributed by atoms with Crippen LogP contribution in [-0.2, 0) is 0 Å². The molecule has 4 N–H and O–H groups in total. The maximum Gasteiger partial charge on any atom is 0.223 e. The van der Waals surface area contributed by atoms with Crippen molar-refractivity contribution >= 4 is 17.6 Å². The molecule has 2 heterocycles. The van der Waals surface area contributed by atoms with Gasteiger partial charge in [0, 0.05) is 12.6 Å². The number of anilines is 3. The molecular formula is C17H23N5O2. The minimum Gasteiger partial charge on any atom is -0.492 e. The molecule has 1 aliphatic rings. The van der Waals surface area contributed by atoms with Gasteiger partial charge in [0.25, 0.3) is 0 Å². The van der Waals surface area contributed by atoms with Gasteiger partial charge < -0.3 is 25.8 Å². The highest BCUT2D eigenvalue weighted by Crippen LogP contribution is 2.25. The number of benzene rings is 1. The lowest BCUT2D eigenvalue weighted by Crippen LogP contribution is -2.33. The van der Waals surface area contributed by atoms with Crippen molar-refractivity contribution < 1.29 is 9.84 Å². The molecule has 7 nitrogen and oxygen atoms in total. The molecule has 1 atom stereocenters. The SMILES string of the molecule is Nc1nc(NCCOc2ccccc2)cc(N2CCCC2CO)n1. The largest absolute Gasteiger partial charge is 0.492 e. The molecule has 1 unspecified atom stereocenters. The smallest absolute Gasteiger partial charge is 0.223 e. The Morgan fingerprint density at radius 1 is 1.29 bits per heavy atom.